The fourth-order valence-electron chi connectivity index (χ4n) is 3.31. The van der Waals surface area contributed by atoms with Crippen molar-refractivity contribution in [3.8, 4) is 0 Å². The molecule has 1 aromatic carbocycles. The Morgan fingerprint density at radius 3 is 2.67 bits per heavy atom. The number of methoxy groups -OCH3 is 1. The van der Waals surface area contributed by atoms with Crippen molar-refractivity contribution >= 4 is 5.97 Å². The molecule has 1 aliphatic heterocycles. The molecule has 4 nitrogen and oxygen atoms in total. The van der Waals surface area contributed by atoms with Crippen LogP contribution in [0.1, 0.15) is 32.3 Å². The summed E-state index contributed by atoms with van der Waals surface area (Å²) >= 11 is 0. The number of carbonyl (C=O) groups is 1. The Morgan fingerprint density at radius 2 is 2.10 bits per heavy atom. The third-order valence-electron chi connectivity index (χ3n) is 4.47. The lowest BCUT2D eigenvalue weighted by Crippen LogP contribution is -2.55. The molecule has 0 bridgehead atoms. The van der Waals surface area contributed by atoms with Crippen LogP contribution in [0, 0.1) is 5.92 Å². The molecule has 2 atom stereocenters. The van der Waals surface area contributed by atoms with Crippen LogP contribution in [-0.2, 0) is 15.1 Å². The second-order valence-corrected chi connectivity index (χ2v) is 6.25. The molecule has 0 aliphatic carbocycles. The first kappa shape index (κ1) is 16.0. The zero-order valence-electron chi connectivity index (χ0n) is 13.2. The van der Waals surface area contributed by atoms with E-state index in [0.29, 0.717) is 18.5 Å². The largest absolute Gasteiger partial charge is 0.467 e. The van der Waals surface area contributed by atoms with Crippen molar-refractivity contribution in [2.24, 2.45) is 11.7 Å². The van der Waals surface area contributed by atoms with Gasteiger partial charge in [-0.1, -0.05) is 44.2 Å². The maximum Gasteiger partial charge on any atom is 0.331 e. The summed E-state index contributed by atoms with van der Waals surface area (Å²) < 4.78 is 4.99. The summed E-state index contributed by atoms with van der Waals surface area (Å²) in [6.45, 7) is 5.95. The van der Waals surface area contributed by atoms with Crippen molar-refractivity contribution in [2.45, 2.75) is 38.3 Å². The van der Waals surface area contributed by atoms with Crippen LogP contribution in [0.2, 0.25) is 0 Å². The lowest BCUT2D eigenvalue weighted by Gasteiger charge is -2.35. The van der Waals surface area contributed by atoms with E-state index in [1.807, 2.05) is 30.3 Å². The van der Waals surface area contributed by atoms with Crippen molar-refractivity contribution < 1.29 is 9.53 Å². The number of hydrogen-bond acceptors (Lipinski definition) is 4. The summed E-state index contributed by atoms with van der Waals surface area (Å²) in [6, 6.07) is 10.0. The molecule has 1 heterocycles. The van der Waals surface area contributed by atoms with E-state index >= 15 is 0 Å². The molecule has 1 aromatic rings. The zero-order chi connectivity index (χ0) is 15.5. The second kappa shape index (κ2) is 6.58. The molecule has 0 aromatic heterocycles. The van der Waals surface area contributed by atoms with Gasteiger partial charge in [-0.15, -0.1) is 0 Å². The number of rotatable bonds is 5. The summed E-state index contributed by atoms with van der Waals surface area (Å²) in [7, 11) is 1.40. The fourth-order valence-corrected chi connectivity index (χ4v) is 3.31. The molecule has 2 rings (SSSR count). The molecular weight excluding hydrogens is 264 g/mol. The van der Waals surface area contributed by atoms with Gasteiger partial charge in [0, 0.05) is 12.6 Å². The smallest absolute Gasteiger partial charge is 0.331 e. The van der Waals surface area contributed by atoms with E-state index in [4.69, 9.17) is 10.5 Å². The van der Waals surface area contributed by atoms with Crippen LogP contribution < -0.4 is 5.73 Å². The van der Waals surface area contributed by atoms with E-state index in [1.54, 1.807) is 0 Å². The Balaban J connectivity index is 2.27. The molecule has 4 heteroatoms. The summed E-state index contributed by atoms with van der Waals surface area (Å²) in [4.78, 5) is 14.7. The highest BCUT2D eigenvalue weighted by molar-refractivity contribution is 5.82. The number of likely N-dealkylation sites (tertiary alicyclic amines) is 1. The van der Waals surface area contributed by atoms with Gasteiger partial charge in [0.2, 0.25) is 0 Å². The lowest BCUT2D eigenvalue weighted by molar-refractivity contribution is -0.148. The van der Waals surface area contributed by atoms with Gasteiger partial charge in [0.1, 0.15) is 0 Å². The number of nitrogens with two attached hydrogens (primary N) is 1. The topological polar surface area (TPSA) is 55.6 Å². The minimum Gasteiger partial charge on any atom is -0.467 e. The number of nitrogens with zero attached hydrogens (tertiary/aromatic N) is 1. The molecule has 0 amide bonds. The van der Waals surface area contributed by atoms with Crippen LogP contribution in [0.25, 0.3) is 0 Å². The molecule has 0 radical (unpaired) electrons. The summed E-state index contributed by atoms with van der Waals surface area (Å²) in [5, 5.41) is 0. The quantitative estimate of drug-likeness (QED) is 0.844. The average Bonchev–Trinajstić information content (AvgIpc) is 2.95. The van der Waals surface area contributed by atoms with Crippen molar-refractivity contribution in [1.82, 2.24) is 4.90 Å². The Bertz CT molecular complexity index is 475. The number of benzene rings is 1. The van der Waals surface area contributed by atoms with Crippen LogP contribution in [0.3, 0.4) is 0 Å². The summed E-state index contributed by atoms with van der Waals surface area (Å²) in [5.74, 6) is 0.188. The standard InChI is InChI=1S/C17H26N2O2/c1-13(2)15-10-7-11-19(15)12-17(18,16(20)21-3)14-8-5-4-6-9-14/h4-6,8-9,13,15H,7,10-12,18H2,1-3H3. The maximum absolute atomic E-state index is 12.3. The molecule has 2 N–H and O–H groups in total. The van der Waals surface area contributed by atoms with Gasteiger partial charge in [-0.2, -0.15) is 0 Å². The lowest BCUT2D eigenvalue weighted by atomic mass is 9.89. The Labute approximate surface area is 127 Å². The SMILES string of the molecule is COC(=O)C(N)(CN1CCCC1C(C)C)c1ccccc1. The molecule has 2 unspecified atom stereocenters. The molecule has 1 fully saturated rings. The van der Waals surface area contributed by atoms with Gasteiger partial charge in [-0.3, -0.25) is 4.90 Å². The highest BCUT2D eigenvalue weighted by atomic mass is 16.5. The van der Waals surface area contributed by atoms with E-state index in [1.165, 1.54) is 13.5 Å². The number of esters is 1. The minimum absolute atomic E-state index is 0.372. The van der Waals surface area contributed by atoms with E-state index in [9.17, 15) is 4.79 Å². The van der Waals surface area contributed by atoms with Gasteiger partial charge in [-0.05, 0) is 30.9 Å². The van der Waals surface area contributed by atoms with Crippen LogP contribution >= 0.6 is 0 Å². The predicted octanol–water partition coefficient (Wildman–Crippen LogP) is 2.13. The van der Waals surface area contributed by atoms with Crippen molar-refractivity contribution in [3.63, 3.8) is 0 Å². The molecule has 116 valence electrons. The first-order chi connectivity index (χ1) is 9.99. The predicted molar refractivity (Wildman–Crippen MR) is 83.8 cm³/mol. The summed E-state index contributed by atoms with van der Waals surface area (Å²) in [5.41, 5.74) is 6.21. The molecule has 1 saturated heterocycles. The third-order valence-corrected chi connectivity index (χ3v) is 4.47. The third kappa shape index (κ3) is 3.27. The molecule has 1 aliphatic rings. The molecular formula is C17H26N2O2. The van der Waals surface area contributed by atoms with Gasteiger partial charge in [0.05, 0.1) is 7.11 Å². The monoisotopic (exact) mass is 290 g/mol. The molecule has 0 spiro atoms. The average molecular weight is 290 g/mol. The van der Waals surface area contributed by atoms with Gasteiger partial charge in [0.25, 0.3) is 0 Å². The van der Waals surface area contributed by atoms with Crippen molar-refractivity contribution in [1.29, 1.82) is 0 Å². The van der Waals surface area contributed by atoms with E-state index in [2.05, 4.69) is 18.7 Å². The van der Waals surface area contributed by atoms with Gasteiger partial charge < -0.3 is 10.5 Å². The van der Waals surface area contributed by atoms with Crippen molar-refractivity contribution in [3.05, 3.63) is 35.9 Å². The van der Waals surface area contributed by atoms with Crippen LogP contribution in [-0.4, -0.2) is 37.1 Å². The highest BCUT2D eigenvalue weighted by Gasteiger charge is 2.41. The second-order valence-electron chi connectivity index (χ2n) is 6.25. The minimum atomic E-state index is -1.10. The molecule has 21 heavy (non-hydrogen) atoms. The Morgan fingerprint density at radius 1 is 1.43 bits per heavy atom. The zero-order valence-corrected chi connectivity index (χ0v) is 13.2. The number of ether oxygens (including phenoxy) is 1. The first-order valence-electron chi connectivity index (χ1n) is 7.66. The van der Waals surface area contributed by atoms with Gasteiger partial charge in [0.15, 0.2) is 5.54 Å². The van der Waals surface area contributed by atoms with Crippen LogP contribution in [0.15, 0.2) is 30.3 Å². The Kier molecular flexibility index (Phi) is 5.01. The van der Waals surface area contributed by atoms with E-state index in [-0.39, 0.29) is 5.97 Å². The maximum atomic E-state index is 12.3. The normalized spacial score (nSPS) is 22.2. The summed E-state index contributed by atoms with van der Waals surface area (Å²) in [6.07, 6.45) is 2.33. The number of hydrogen-bond donors (Lipinski definition) is 1. The van der Waals surface area contributed by atoms with Gasteiger partial charge >= 0.3 is 5.97 Å². The fraction of sp³-hybridized carbons (Fsp3) is 0.588. The van der Waals surface area contributed by atoms with Crippen LogP contribution in [0.4, 0.5) is 0 Å². The number of carbonyl (C=O) groups excluding carboxylic acids is 1. The van der Waals surface area contributed by atoms with Gasteiger partial charge in [-0.25, -0.2) is 4.79 Å². The highest BCUT2D eigenvalue weighted by Crippen LogP contribution is 2.29. The van der Waals surface area contributed by atoms with Crippen LogP contribution in [0.5, 0.6) is 0 Å². The Hall–Kier alpha value is -1.39. The van der Waals surface area contributed by atoms with E-state index in [0.717, 1.165) is 18.5 Å². The molecule has 0 saturated carbocycles. The van der Waals surface area contributed by atoms with Crippen molar-refractivity contribution in [2.75, 3.05) is 20.2 Å². The first-order valence-corrected chi connectivity index (χ1v) is 7.66. The van der Waals surface area contributed by atoms with E-state index < -0.39 is 5.54 Å².